The zero-order chi connectivity index (χ0) is 16.5. The fraction of sp³-hybridized carbons (Fsp3) is 0.438. The molecular weight excluding hydrogens is 356 g/mol. The Hall–Kier alpha value is -1.89. The molecule has 6 nitrogen and oxygen atoms in total. The topological polar surface area (TPSA) is 67.1 Å². The van der Waals surface area contributed by atoms with Crippen LogP contribution in [0.1, 0.15) is 25.2 Å². The summed E-state index contributed by atoms with van der Waals surface area (Å²) in [6, 6.07) is 8.19. The minimum Gasteiger partial charge on any atom is -0.357 e. The van der Waals surface area contributed by atoms with E-state index in [1.54, 1.807) is 6.33 Å². The summed E-state index contributed by atoms with van der Waals surface area (Å²) < 4.78 is 3.13. The second kappa shape index (κ2) is 9.29. The second-order valence-corrected chi connectivity index (χ2v) is 5.96. The van der Waals surface area contributed by atoms with Crippen molar-refractivity contribution in [3.63, 3.8) is 0 Å². The minimum atomic E-state index is 0.640. The normalized spacial score (nSPS) is 11.5. The van der Waals surface area contributed by atoms with Gasteiger partial charge in [0.25, 0.3) is 0 Å². The third-order valence-corrected chi connectivity index (χ3v) is 3.80. The van der Waals surface area contributed by atoms with Crippen LogP contribution in [0, 0.1) is 0 Å². The third kappa shape index (κ3) is 5.67. The summed E-state index contributed by atoms with van der Waals surface area (Å²) in [5.41, 5.74) is 1.17. The van der Waals surface area contributed by atoms with Crippen LogP contribution in [0.4, 0.5) is 0 Å². The van der Waals surface area contributed by atoms with E-state index in [0.717, 1.165) is 42.3 Å². The Morgan fingerprint density at radius 2 is 2.17 bits per heavy atom. The maximum Gasteiger partial charge on any atom is 0.191 e. The predicted octanol–water partition coefficient (Wildman–Crippen LogP) is 2.36. The molecule has 0 bridgehead atoms. The van der Waals surface area contributed by atoms with Crippen molar-refractivity contribution < 1.29 is 0 Å². The average Bonchev–Trinajstić information content (AvgIpc) is 3.00. The van der Waals surface area contributed by atoms with Gasteiger partial charge in [-0.25, -0.2) is 4.99 Å². The van der Waals surface area contributed by atoms with E-state index in [1.807, 2.05) is 12.1 Å². The van der Waals surface area contributed by atoms with Crippen molar-refractivity contribution in [1.29, 1.82) is 0 Å². The van der Waals surface area contributed by atoms with Crippen LogP contribution in [0.25, 0.3) is 0 Å². The lowest BCUT2D eigenvalue weighted by Crippen LogP contribution is -2.38. The molecule has 2 rings (SSSR count). The summed E-state index contributed by atoms with van der Waals surface area (Å²) in [6.45, 7) is 7.20. The molecule has 7 heteroatoms. The molecule has 2 N–H and O–H groups in total. The second-order valence-electron chi connectivity index (χ2n) is 5.05. The van der Waals surface area contributed by atoms with Crippen molar-refractivity contribution in [3.8, 4) is 0 Å². The molecule has 0 aliphatic carbocycles. The molecular formula is C16H23BrN6. The van der Waals surface area contributed by atoms with E-state index in [-0.39, 0.29) is 0 Å². The number of hydrogen-bond donors (Lipinski definition) is 2. The van der Waals surface area contributed by atoms with Gasteiger partial charge in [-0.1, -0.05) is 35.0 Å². The summed E-state index contributed by atoms with van der Waals surface area (Å²) in [4.78, 5) is 4.62. The van der Waals surface area contributed by atoms with E-state index in [0.29, 0.717) is 6.54 Å². The lowest BCUT2D eigenvalue weighted by atomic mass is 10.2. The number of guanidine groups is 1. The molecule has 0 aliphatic rings. The highest BCUT2D eigenvalue weighted by Crippen LogP contribution is 2.12. The van der Waals surface area contributed by atoms with Crippen LogP contribution in [-0.4, -0.2) is 33.8 Å². The summed E-state index contributed by atoms with van der Waals surface area (Å²) >= 11 is 3.48. The Morgan fingerprint density at radius 3 is 2.91 bits per heavy atom. The van der Waals surface area contributed by atoms with Crippen molar-refractivity contribution in [2.24, 2.45) is 4.99 Å². The molecule has 0 amide bonds. The van der Waals surface area contributed by atoms with Gasteiger partial charge >= 0.3 is 0 Å². The number of hydrogen-bond acceptors (Lipinski definition) is 3. The van der Waals surface area contributed by atoms with E-state index in [2.05, 4.69) is 72.3 Å². The summed E-state index contributed by atoms with van der Waals surface area (Å²) in [5.74, 6) is 1.82. The Labute approximate surface area is 145 Å². The number of aliphatic imine (C=N–C) groups is 1. The lowest BCUT2D eigenvalue weighted by molar-refractivity contribution is 0.632. The molecule has 0 aliphatic heterocycles. The van der Waals surface area contributed by atoms with Crippen LogP contribution in [0.2, 0.25) is 0 Å². The first-order chi connectivity index (χ1) is 11.2. The largest absolute Gasteiger partial charge is 0.357 e. The van der Waals surface area contributed by atoms with E-state index < -0.39 is 0 Å². The van der Waals surface area contributed by atoms with Gasteiger partial charge < -0.3 is 15.2 Å². The fourth-order valence-electron chi connectivity index (χ4n) is 2.18. The van der Waals surface area contributed by atoms with Gasteiger partial charge in [0, 0.05) is 30.5 Å². The zero-order valence-electron chi connectivity index (χ0n) is 13.6. The number of nitrogens with zero attached hydrogens (tertiary/aromatic N) is 4. The van der Waals surface area contributed by atoms with E-state index in [9.17, 15) is 0 Å². The van der Waals surface area contributed by atoms with Crippen LogP contribution in [0.5, 0.6) is 0 Å². The van der Waals surface area contributed by atoms with Gasteiger partial charge in [0.1, 0.15) is 12.2 Å². The highest BCUT2D eigenvalue weighted by atomic mass is 79.9. The molecule has 0 saturated heterocycles. The number of aromatic nitrogens is 3. The summed E-state index contributed by atoms with van der Waals surface area (Å²) in [7, 11) is 0. The monoisotopic (exact) mass is 378 g/mol. The molecule has 23 heavy (non-hydrogen) atoms. The van der Waals surface area contributed by atoms with Gasteiger partial charge in [-0.05, 0) is 24.6 Å². The quantitative estimate of drug-likeness (QED) is 0.573. The maximum atomic E-state index is 4.62. The highest BCUT2D eigenvalue weighted by Gasteiger charge is 2.02. The van der Waals surface area contributed by atoms with E-state index in [4.69, 9.17) is 0 Å². The van der Waals surface area contributed by atoms with Crippen molar-refractivity contribution >= 4 is 21.9 Å². The number of aryl methyl sites for hydroxylation is 1. The van der Waals surface area contributed by atoms with E-state index >= 15 is 0 Å². The van der Waals surface area contributed by atoms with Gasteiger partial charge in [0.2, 0.25) is 0 Å². The molecule has 2 aromatic rings. The molecule has 0 fully saturated rings. The van der Waals surface area contributed by atoms with Gasteiger partial charge in [0.05, 0.1) is 6.54 Å². The summed E-state index contributed by atoms with van der Waals surface area (Å²) in [6.07, 6.45) is 2.66. The fourth-order valence-corrected chi connectivity index (χ4v) is 2.63. The van der Waals surface area contributed by atoms with Crippen LogP contribution in [-0.2, 0) is 19.5 Å². The first-order valence-corrected chi connectivity index (χ1v) is 8.65. The van der Waals surface area contributed by atoms with Crippen LogP contribution < -0.4 is 10.6 Å². The molecule has 1 aromatic carbocycles. The Kier molecular flexibility index (Phi) is 7.06. The molecule has 0 spiro atoms. The Morgan fingerprint density at radius 1 is 1.30 bits per heavy atom. The number of rotatable bonds is 7. The Balaban J connectivity index is 1.89. The van der Waals surface area contributed by atoms with Gasteiger partial charge in [-0.2, -0.15) is 0 Å². The standard InChI is InChI=1S/C16H23BrN6/c1-3-15-22-21-12-23(15)9-8-19-16(18-4-2)20-11-13-6-5-7-14(17)10-13/h5-7,10,12H,3-4,8-9,11H2,1-2H3,(H2,18,19,20). The SMILES string of the molecule is CCNC(=NCc1cccc(Br)c1)NCCn1cnnc1CC. The first kappa shape index (κ1) is 17.5. The number of halogens is 1. The molecule has 124 valence electrons. The number of nitrogens with one attached hydrogen (secondary N) is 2. The molecule has 1 heterocycles. The molecule has 0 radical (unpaired) electrons. The predicted molar refractivity (Wildman–Crippen MR) is 96.4 cm³/mol. The maximum absolute atomic E-state index is 4.62. The Bertz CT molecular complexity index is 637. The molecule has 0 saturated carbocycles. The number of benzene rings is 1. The van der Waals surface area contributed by atoms with Crippen molar-refractivity contribution in [2.75, 3.05) is 13.1 Å². The van der Waals surface area contributed by atoms with Gasteiger partial charge in [0.15, 0.2) is 5.96 Å². The molecule has 1 aromatic heterocycles. The summed E-state index contributed by atoms with van der Waals surface area (Å²) in [5, 5.41) is 14.6. The average molecular weight is 379 g/mol. The van der Waals surface area contributed by atoms with Crippen LogP contribution >= 0.6 is 15.9 Å². The lowest BCUT2D eigenvalue weighted by Gasteiger charge is -2.12. The van der Waals surface area contributed by atoms with Gasteiger partial charge in [-0.3, -0.25) is 0 Å². The molecule has 0 unspecified atom stereocenters. The van der Waals surface area contributed by atoms with E-state index in [1.165, 1.54) is 5.56 Å². The smallest absolute Gasteiger partial charge is 0.191 e. The molecule has 0 atom stereocenters. The zero-order valence-corrected chi connectivity index (χ0v) is 15.2. The third-order valence-electron chi connectivity index (χ3n) is 3.31. The van der Waals surface area contributed by atoms with Crippen molar-refractivity contribution in [2.45, 2.75) is 33.4 Å². The first-order valence-electron chi connectivity index (χ1n) is 7.86. The van der Waals surface area contributed by atoms with Crippen LogP contribution in [0.3, 0.4) is 0 Å². The van der Waals surface area contributed by atoms with Gasteiger partial charge in [-0.15, -0.1) is 10.2 Å². The van der Waals surface area contributed by atoms with Crippen molar-refractivity contribution in [1.82, 2.24) is 25.4 Å². The highest BCUT2D eigenvalue weighted by molar-refractivity contribution is 9.10. The van der Waals surface area contributed by atoms with Crippen molar-refractivity contribution in [3.05, 3.63) is 46.5 Å². The van der Waals surface area contributed by atoms with Crippen LogP contribution in [0.15, 0.2) is 40.1 Å². The minimum absolute atomic E-state index is 0.640.